The molecule has 0 bridgehead atoms. The van der Waals surface area contributed by atoms with Crippen LogP contribution in [0.5, 0.6) is 0 Å². The van der Waals surface area contributed by atoms with E-state index in [9.17, 15) is 13.6 Å². The fourth-order valence-corrected chi connectivity index (χ4v) is 0.953. The minimum absolute atomic E-state index is 0.170. The van der Waals surface area contributed by atoms with Crippen molar-refractivity contribution in [2.24, 2.45) is 5.73 Å². The molecule has 1 aromatic heterocycles. The predicted molar refractivity (Wildman–Crippen MR) is 42.7 cm³/mol. The van der Waals surface area contributed by atoms with E-state index in [4.69, 9.17) is 17.3 Å². The molecule has 2 N–H and O–H groups in total. The van der Waals surface area contributed by atoms with Gasteiger partial charge < -0.3 is 5.73 Å². The molecule has 0 fully saturated rings. The molecule has 0 aliphatic carbocycles. The second-order valence-corrected chi connectivity index (χ2v) is 2.63. The van der Waals surface area contributed by atoms with Gasteiger partial charge in [0.2, 0.25) is 0 Å². The van der Waals surface area contributed by atoms with Gasteiger partial charge in [0.15, 0.2) is 0 Å². The predicted octanol–water partition coefficient (Wildman–Crippen LogP) is 1.77. The number of nitrogens with zero attached hydrogens (tertiary/aromatic N) is 1. The van der Waals surface area contributed by atoms with Crippen LogP contribution in [0.1, 0.15) is 22.3 Å². The van der Waals surface area contributed by atoms with Gasteiger partial charge in [-0.1, -0.05) is 11.6 Å². The third-order valence-corrected chi connectivity index (χ3v) is 1.68. The van der Waals surface area contributed by atoms with Crippen LogP contribution < -0.4 is 5.73 Å². The summed E-state index contributed by atoms with van der Waals surface area (Å²) in [5.74, 6) is -0.875. The molecule has 0 radical (unpaired) electrons. The van der Waals surface area contributed by atoms with Crippen molar-refractivity contribution >= 4 is 17.5 Å². The fraction of sp³-hybridized carbons (Fsp3) is 0.143. The van der Waals surface area contributed by atoms with Gasteiger partial charge in [-0.2, -0.15) is 0 Å². The molecule has 3 nitrogen and oxygen atoms in total. The number of carbonyl (C=O) groups excluding carboxylic acids is 1. The van der Waals surface area contributed by atoms with Crippen molar-refractivity contribution in [3.63, 3.8) is 0 Å². The Morgan fingerprint density at radius 3 is 2.69 bits per heavy atom. The van der Waals surface area contributed by atoms with Gasteiger partial charge in [0.25, 0.3) is 12.3 Å². The molecule has 0 aromatic carbocycles. The number of aromatic nitrogens is 1. The maximum atomic E-state index is 12.1. The summed E-state index contributed by atoms with van der Waals surface area (Å²) in [6.45, 7) is 0. The zero-order valence-corrected chi connectivity index (χ0v) is 7.05. The van der Waals surface area contributed by atoms with Gasteiger partial charge in [-0.3, -0.25) is 4.79 Å². The topological polar surface area (TPSA) is 56.0 Å². The van der Waals surface area contributed by atoms with Crippen molar-refractivity contribution in [3.05, 3.63) is 28.5 Å². The second kappa shape index (κ2) is 3.66. The van der Waals surface area contributed by atoms with Crippen molar-refractivity contribution in [2.45, 2.75) is 6.43 Å². The minimum Gasteiger partial charge on any atom is -0.366 e. The molecule has 0 aliphatic heterocycles. The van der Waals surface area contributed by atoms with E-state index < -0.39 is 12.3 Å². The summed E-state index contributed by atoms with van der Waals surface area (Å²) in [6, 6.07) is 0.933. The summed E-state index contributed by atoms with van der Waals surface area (Å²) in [7, 11) is 0. The van der Waals surface area contributed by atoms with E-state index in [1.165, 1.54) is 0 Å². The van der Waals surface area contributed by atoms with E-state index in [-0.39, 0.29) is 16.3 Å². The lowest BCUT2D eigenvalue weighted by atomic mass is 10.2. The van der Waals surface area contributed by atoms with Crippen LogP contribution in [0.4, 0.5) is 8.78 Å². The summed E-state index contributed by atoms with van der Waals surface area (Å²) < 4.78 is 24.2. The summed E-state index contributed by atoms with van der Waals surface area (Å²) in [5.41, 5.74) is 4.30. The Labute approximate surface area is 77.5 Å². The van der Waals surface area contributed by atoms with E-state index in [0.717, 1.165) is 12.3 Å². The number of hydrogen-bond donors (Lipinski definition) is 1. The number of pyridine rings is 1. The second-order valence-electron chi connectivity index (χ2n) is 2.27. The van der Waals surface area contributed by atoms with Gasteiger partial charge in [0, 0.05) is 11.8 Å². The maximum absolute atomic E-state index is 12.1. The van der Waals surface area contributed by atoms with Gasteiger partial charge in [-0.25, -0.2) is 13.8 Å². The lowest BCUT2D eigenvalue weighted by molar-refractivity contribution is 0.0999. The van der Waals surface area contributed by atoms with E-state index in [1.807, 2.05) is 0 Å². The maximum Gasteiger partial charge on any atom is 0.265 e. The number of alkyl halides is 2. The number of amides is 1. The number of nitrogens with two attached hydrogens (primary N) is 1. The fourth-order valence-electron chi connectivity index (χ4n) is 0.756. The number of halogens is 3. The Balaban J connectivity index is 3.19. The monoisotopic (exact) mass is 206 g/mol. The normalized spacial score (nSPS) is 10.5. The van der Waals surface area contributed by atoms with Crippen molar-refractivity contribution < 1.29 is 13.6 Å². The van der Waals surface area contributed by atoms with E-state index in [0.29, 0.717) is 0 Å². The van der Waals surface area contributed by atoms with Crippen LogP contribution in [-0.2, 0) is 0 Å². The van der Waals surface area contributed by atoms with E-state index >= 15 is 0 Å². The number of carbonyl (C=O) groups is 1. The SMILES string of the molecule is NC(=O)c1cc(C(F)F)cnc1Cl. The Bertz CT molecular complexity index is 343. The highest BCUT2D eigenvalue weighted by Gasteiger charge is 2.13. The van der Waals surface area contributed by atoms with Crippen molar-refractivity contribution in [2.75, 3.05) is 0 Å². The van der Waals surface area contributed by atoms with Gasteiger partial charge in [0.1, 0.15) is 5.15 Å². The average Bonchev–Trinajstić information content (AvgIpc) is 2.04. The number of primary amides is 1. The van der Waals surface area contributed by atoms with Crippen LogP contribution in [0.2, 0.25) is 5.15 Å². The third-order valence-electron chi connectivity index (χ3n) is 1.38. The Kier molecular flexibility index (Phi) is 2.77. The summed E-state index contributed by atoms with van der Waals surface area (Å²) in [4.78, 5) is 14.1. The number of hydrogen-bond acceptors (Lipinski definition) is 2. The van der Waals surface area contributed by atoms with E-state index in [2.05, 4.69) is 4.98 Å². The van der Waals surface area contributed by atoms with E-state index in [1.54, 1.807) is 0 Å². The van der Waals surface area contributed by atoms with Gasteiger partial charge in [-0.15, -0.1) is 0 Å². The summed E-state index contributed by atoms with van der Waals surface area (Å²) in [6.07, 6.45) is -1.79. The molecule has 0 unspecified atom stereocenters. The Morgan fingerprint density at radius 1 is 1.62 bits per heavy atom. The molecular weight excluding hydrogens is 202 g/mol. The molecule has 0 atom stereocenters. The molecule has 13 heavy (non-hydrogen) atoms. The molecule has 0 spiro atoms. The first-order valence-electron chi connectivity index (χ1n) is 3.25. The number of rotatable bonds is 2. The molecule has 1 aromatic rings. The smallest absolute Gasteiger partial charge is 0.265 e. The highest BCUT2D eigenvalue weighted by Crippen LogP contribution is 2.21. The first kappa shape index (κ1) is 9.85. The molecule has 0 saturated heterocycles. The molecule has 0 aliphatic rings. The molecular formula is C7H5ClF2N2O. The van der Waals surface area contributed by atoms with Crippen molar-refractivity contribution in [1.82, 2.24) is 4.98 Å². The van der Waals surface area contributed by atoms with Crippen LogP contribution in [0.3, 0.4) is 0 Å². The van der Waals surface area contributed by atoms with Gasteiger partial charge in [0.05, 0.1) is 5.56 Å². The quantitative estimate of drug-likeness (QED) is 0.750. The summed E-state index contributed by atoms with van der Waals surface area (Å²) >= 11 is 5.44. The first-order chi connectivity index (χ1) is 6.02. The molecule has 1 heterocycles. The molecule has 6 heteroatoms. The molecule has 1 amide bonds. The molecule has 1 rings (SSSR count). The first-order valence-corrected chi connectivity index (χ1v) is 3.63. The average molecular weight is 207 g/mol. The summed E-state index contributed by atoms with van der Waals surface area (Å²) in [5, 5.41) is -0.170. The largest absolute Gasteiger partial charge is 0.366 e. The van der Waals surface area contributed by atoms with Crippen LogP contribution >= 0.6 is 11.6 Å². The Hall–Kier alpha value is -1.23. The van der Waals surface area contributed by atoms with Crippen molar-refractivity contribution in [1.29, 1.82) is 0 Å². The highest BCUT2D eigenvalue weighted by molar-refractivity contribution is 6.32. The zero-order valence-electron chi connectivity index (χ0n) is 6.30. The van der Waals surface area contributed by atoms with Gasteiger partial charge >= 0.3 is 0 Å². The lowest BCUT2D eigenvalue weighted by Gasteiger charge is -2.02. The van der Waals surface area contributed by atoms with Crippen molar-refractivity contribution in [3.8, 4) is 0 Å². The standard InChI is InChI=1S/C7H5ClF2N2O/c8-5-4(7(11)13)1-3(2-12-5)6(9)10/h1-2,6H,(H2,11,13). The molecule has 70 valence electrons. The van der Waals surface area contributed by atoms with Crippen LogP contribution in [-0.4, -0.2) is 10.9 Å². The van der Waals surface area contributed by atoms with Gasteiger partial charge in [-0.05, 0) is 6.07 Å². The Morgan fingerprint density at radius 2 is 2.23 bits per heavy atom. The van der Waals surface area contributed by atoms with Crippen LogP contribution in [0.25, 0.3) is 0 Å². The zero-order chi connectivity index (χ0) is 10.0. The highest BCUT2D eigenvalue weighted by atomic mass is 35.5. The molecule has 0 saturated carbocycles. The third kappa shape index (κ3) is 2.12. The minimum atomic E-state index is -2.69. The lowest BCUT2D eigenvalue weighted by Crippen LogP contribution is -2.12. The van der Waals surface area contributed by atoms with Crippen LogP contribution in [0, 0.1) is 0 Å². The van der Waals surface area contributed by atoms with Crippen LogP contribution in [0.15, 0.2) is 12.3 Å².